The number of rotatable bonds is 45. The number of carbonyl (C=O) groups is 3. The third-order valence-corrected chi connectivity index (χ3v) is 11.3. The molecule has 0 heterocycles. The van der Waals surface area contributed by atoms with Crippen LogP contribution >= 0.6 is 7.82 Å². The predicted molar refractivity (Wildman–Crippen MR) is 245 cm³/mol. The first-order valence-electron chi connectivity index (χ1n) is 24.0. The van der Waals surface area contributed by atoms with Crippen molar-refractivity contribution in [2.24, 2.45) is 5.73 Å². The van der Waals surface area contributed by atoms with Gasteiger partial charge >= 0.3 is 25.7 Å². The molecule has 0 aromatic heterocycles. The van der Waals surface area contributed by atoms with Gasteiger partial charge in [-0.25, -0.2) is 4.57 Å². The van der Waals surface area contributed by atoms with Crippen LogP contribution in [0.25, 0.3) is 0 Å². The minimum atomic E-state index is -4.72. The van der Waals surface area contributed by atoms with E-state index in [1.807, 2.05) is 0 Å². The molecule has 0 radical (unpaired) electrons. The largest absolute Gasteiger partial charge is 0.480 e. The Balaban J connectivity index is 4.30. The molecule has 0 aliphatic rings. The lowest BCUT2D eigenvalue weighted by molar-refractivity contribution is -0.161. The molecule has 4 N–H and O–H groups in total. The number of carboxylic acids is 1. The molecule has 0 bridgehead atoms. The number of esters is 2. The van der Waals surface area contributed by atoms with Crippen LogP contribution in [0.1, 0.15) is 219 Å². The van der Waals surface area contributed by atoms with Gasteiger partial charge in [0.05, 0.1) is 13.2 Å². The fourth-order valence-electron chi connectivity index (χ4n) is 6.56. The SMILES string of the molecule is CCCCC/C=C\C/C=C\CCCCCCCCCC(=O)O[C@H](COC(=O)CCCCCCCCC/C=C\CCCCCCCCCC)COP(=O)(O)OC[C@H](N)C(=O)O. The van der Waals surface area contributed by atoms with E-state index in [2.05, 4.69) is 54.8 Å². The van der Waals surface area contributed by atoms with Gasteiger partial charge in [-0.3, -0.25) is 23.4 Å². The van der Waals surface area contributed by atoms with Gasteiger partial charge in [-0.05, 0) is 70.6 Å². The van der Waals surface area contributed by atoms with Crippen molar-refractivity contribution in [2.45, 2.75) is 231 Å². The number of carboxylic acid groups (broad SMARTS) is 1. The molecule has 0 aromatic carbocycles. The number of carbonyl (C=O) groups excluding carboxylic acids is 2. The summed E-state index contributed by atoms with van der Waals surface area (Å²) in [4.78, 5) is 46.1. The van der Waals surface area contributed by atoms with Crippen LogP contribution in [0, 0.1) is 0 Å². The minimum absolute atomic E-state index is 0.152. The van der Waals surface area contributed by atoms with E-state index in [4.69, 9.17) is 24.8 Å². The first-order valence-corrected chi connectivity index (χ1v) is 25.5. The molecule has 0 rings (SSSR count). The van der Waals surface area contributed by atoms with Crippen molar-refractivity contribution in [1.29, 1.82) is 0 Å². The lowest BCUT2D eigenvalue weighted by Crippen LogP contribution is -2.34. The molecule has 0 saturated carbocycles. The van der Waals surface area contributed by atoms with Crippen LogP contribution in [0.5, 0.6) is 0 Å². The summed E-state index contributed by atoms with van der Waals surface area (Å²) in [5, 5.41) is 8.91. The highest BCUT2D eigenvalue weighted by Crippen LogP contribution is 2.43. The Morgan fingerprint density at radius 2 is 0.883 bits per heavy atom. The summed E-state index contributed by atoms with van der Waals surface area (Å²) in [5.74, 6) is -2.39. The monoisotopic (exact) mass is 870 g/mol. The Morgan fingerprint density at radius 3 is 1.35 bits per heavy atom. The van der Waals surface area contributed by atoms with E-state index in [0.717, 1.165) is 64.2 Å². The Hall–Kier alpha value is -2.30. The first-order chi connectivity index (χ1) is 29.1. The molecule has 350 valence electrons. The number of phosphoric acid groups is 1. The number of hydrogen-bond donors (Lipinski definition) is 3. The standard InChI is InChI=1S/C48H88NO10P/c1-3-5-7-9-11-13-15-17-19-21-22-24-25-27-29-31-33-35-37-39-46(50)56-41-44(42-57-60(54,55)58-43-45(49)48(52)53)59-47(51)40-38-36-34-32-30-28-26-23-20-18-16-14-12-10-8-6-4-2/h12,14,18,20-22,44-45H,3-11,13,15-17,19,23-43,49H2,1-2H3,(H,52,53)(H,54,55)/b14-12-,20-18-,22-21-/t44-,45+/m1/s1. The summed E-state index contributed by atoms with van der Waals surface area (Å²) >= 11 is 0. The van der Waals surface area contributed by atoms with Crippen molar-refractivity contribution in [1.82, 2.24) is 0 Å². The number of nitrogens with two attached hydrogens (primary N) is 1. The second kappa shape index (κ2) is 43.4. The van der Waals surface area contributed by atoms with E-state index in [1.54, 1.807) is 0 Å². The van der Waals surface area contributed by atoms with Crippen LogP contribution in [0.4, 0.5) is 0 Å². The maximum atomic E-state index is 12.7. The molecule has 0 spiro atoms. The molecule has 0 aliphatic carbocycles. The molecule has 0 fully saturated rings. The van der Waals surface area contributed by atoms with Crippen LogP contribution in [0.3, 0.4) is 0 Å². The van der Waals surface area contributed by atoms with E-state index in [9.17, 15) is 23.8 Å². The number of hydrogen-bond acceptors (Lipinski definition) is 9. The van der Waals surface area contributed by atoms with Gasteiger partial charge in [0.15, 0.2) is 6.10 Å². The lowest BCUT2D eigenvalue weighted by atomic mass is 10.1. The third-order valence-electron chi connectivity index (χ3n) is 10.4. The molecule has 3 atom stereocenters. The van der Waals surface area contributed by atoms with E-state index in [-0.39, 0.29) is 19.4 Å². The average Bonchev–Trinajstić information content (AvgIpc) is 3.22. The van der Waals surface area contributed by atoms with Crippen molar-refractivity contribution in [2.75, 3.05) is 19.8 Å². The summed E-state index contributed by atoms with van der Waals surface area (Å²) in [7, 11) is -4.72. The average molecular weight is 870 g/mol. The van der Waals surface area contributed by atoms with E-state index in [0.29, 0.717) is 12.8 Å². The maximum absolute atomic E-state index is 12.7. The molecule has 0 amide bonds. The zero-order valence-electron chi connectivity index (χ0n) is 38.1. The van der Waals surface area contributed by atoms with Gasteiger partial charge in [0.1, 0.15) is 12.6 Å². The van der Waals surface area contributed by atoms with Crippen molar-refractivity contribution < 1.29 is 47.5 Å². The second-order valence-electron chi connectivity index (χ2n) is 16.2. The molecule has 0 aliphatic heterocycles. The zero-order valence-corrected chi connectivity index (χ0v) is 38.9. The van der Waals surface area contributed by atoms with Crippen molar-refractivity contribution in [3.05, 3.63) is 36.5 Å². The summed E-state index contributed by atoms with van der Waals surface area (Å²) in [6.45, 7) is 2.79. The topological polar surface area (TPSA) is 172 Å². The number of aliphatic carboxylic acids is 1. The van der Waals surface area contributed by atoms with Gasteiger partial charge in [-0.2, -0.15) is 0 Å². The van der Waals surface area contributed by atoms with E-state index in [1.165, 1.54) is 116 Å². The van der Waals surface area contributed by atoms with Crippen molar-refractivity contribution in [3.63, 3.8) is 0 Å². The Bertz CT molecular complexity index is 1160. The van der Waals surface area contributed by atoms with Gasteiger partial charge < -0.3 is 25.2 Å². The van der Waals surface area contributed by atoms with Crippen LogP contribution < -0.4 is 5.73 Å². The zero-order chi connectivity index (χ0) is 44.2. The van der Waals surface area contributed by atoms with Crippen LogP contribution in [0.15, 0.2) is 36.5 Å². The fraction of sp³-hybridized carbons (Fsp3) is 0.812. The highest BCUT2D eigenvalue weighted by atomic mass is 31.2. The smallest absolute Gasteiger partial charge is 0.472 e. The molecule has 60 heavy (non-hydrogen) atoms. The van der Waals surface area contributed by atoms with Crippen LogP contribution in [-0.2, 0) is 37.5 Å². The summed E-state index contributed by atoms with van der Waals surface area (Å²) in [6, 6.07) is -1.52. The Morgan fingerprint density at radius 1 is 0.517 bits per heavy atom. The van der Waals surface area contributed by atoms with Crippen LogP contribution in [0.2, 0.25) is 0 Å². The summed E-state index contributed by atoms with van der Waals surface area (Å²) < 4.78 is 32.8. The normalized spacial score (nSPS) is 13.9. The Kier molecular flexibility index (Phi) is 41.7. The van der Waals surface area contributed by atoms with Gasteiger partial charge in [0, 0.05) is 12.8 Å². The highest BCUT2D eigenvalue weighted by Gasteiger charge is 2.28. The highest BCUT2D eigenvalue weighted by molar-refractivity contribution is 7.47. The molecule has 0 saturated heterocycles. The summed E-state index contributed by atoms with van der Waals surface area (Å²) in [6.07, 6.45) is 47.7. The number of phosphoric ester groups is 1. The third kappa shape index (κ3) is 42.4. The lowest BCUT2D eigenvalue weighted by Gasteiger charge is -2.20. The number of unbranched alkanes of at least 4 members (excludes halogenated alkanes) is 25. The van der Waals surface area contributed by atoms with Gasteiger partial charge in [0.25, 0.3) is 0 Å². The second-order valence-corrected chi connectivity index (χ2v) is 17.7. The molecule has 12 heteroatoms. The molecular weight excluding hydrogens is 781 g/mol. The summed E-state index contributed by atoms with van der Waals surface area (Å²) in [5.41, 5.74) is 5.34. The number of ether oxygens (including phenoxy) is 2. The quantitative estimate of drug-likeness (QED) is 0.0230. The molecular formula is C48H88NO10P. The van der Waals surface area contributed by atoms with Crippen molar-refractivity contribution in [3.8, 4) is 0 Å². The number of allylic oxidation sites excluding steroid dienone is 6. The maximum Gasteiger partial charge on any atom is 0.472 e. The van der Waals surface area contributed by atoms with Crippen LogP contribution in [-0.4, -0.2) is 59.9 Å². The van der Waals surface area contributed by atoms with Gasteiger partial charge in [-0.1, -0.05) is 172 Å². The van der Waals surface area contributed by atoms with Gasteiger partial charge in [0.2, 0.25) is 0 Å². The van der Waals surface area contributed by atoms with Crippen molar-refractivity contribution >= 4 is 25.7 Å². The Labute approximate surface area is 365 Å². The van der Waals surface area contributed by atoms with E-state index < -0.39 is 51.1 Å². The predicted octanol–water partition coefficient (Wildman–Crippen LogP) is 13.2. The fourth-order valence-corrected chi connectivity index (χ4v) is 7.34. The minimum Gasteiger partial charge on any atom is -0.480 e. The van der Waals surface area contributed by atoms with Gasteiger partial charge in [-0.15, -0.1) is 0 Å². The molecule has 1 unspecified atom stereocenters. The molecule has 11 nitrogen and oxygen atoms in total. The first kappa shape index (κ1) is 57.7. The van der Waals surface area contributed by atoms with E-state index >= 15 is 0 Å². The molecule has 0 aromatic rings.